The second-order valence-corrected chi connectivity index (χ2v) is 5.20. The molecular formula is C18H19NO4. The molecule has 0 saturated carbocycles. The first kappa shape index (κ1) is 16.5. The van der Waals surface area contributed by atoms with Crippen molar-refractivity contribution in [1.82, 2.24) is 0 Å². The Morgan fingerprint density at radius 2 is 1.74 bits per heavy atom. The number of anilines is 1. The third-order valence-electron chi connectivity index (χ3n) is 3.47. The zero-order valence-electron chi connectivity index (χ0n) is 12.9. The molecule has 0 aliphatic rings. The minimum absolute atomic E-state index is 0.218. The Balaban J connectivity index is 2.08. The van der Waals surface area contributed by atoms with Gasteiger partial charge in [0.05, 0.1) is 19.4 Å². The maximum Gasteiger partial charge on any atom is 0.304 e. The van der Waals surface area contributed by atoms with Crippen molar-refractivity contribution in [3.05, 3.63) is 60.2 Å². The number of carboxylic acid groups (broad SMARTS) is 1. The number of benzene rings is 2. The molecule has 0 aliphatic heterocycles. The number of nitrogens with one attached hydrogen (secondary N) is 1. The molecule has 0 heterocycles. The van der Waals surface area contributed by atoms with E-state index in [2.05, 4.69) is 5.32 Å². The molecule has 2 N–H and O–H groups in total. The van der Waals surface area contributed by atoms with E-state index in [0.29, 0.717) is 12.1 Å². The summed E-state index contributed by atoms with van der Waals surface area (Å²) < 4.78 is 5.09. The standard InChI is InChI=1S/C18H19NO4/c1-23-16-9-7-13(8-10-16)11-14(12-17(20)21)18(22)19-15-5-3-2-4-6-15/h2-10,14H,11-12H2,1H3,(H,19,22)(H,20,21)/t14-/m0/s1. The Bertz CT molecular complexity index is 652. The van der Waals surface area contributed by atoms with E-state index >= 15 is 0 Å². The fourth-order valence-corrected chi connectivity index (χ4v) is 2.28. The molecule has 0 spiro atoms. The average molecular weight is 313 g/mol. The first-order valence-corrected chi connectivity index (χ1v) is 7.29. The number of aliphatic carboxylic acids is 1. The molecule has 0 saturated heterocycles. The number of hydrogen-bond donors (Lipinski definition) is 2. The molecule has 5 nitrogen and oxygen atoms in total. The zero-order chi connectivity index (χ0) is 16.7. The van der Waals surface area contributed by atoms with Gasteiger partial charge < -0.3 is 15.2 Å². The van der Waals surface area contributed by atoms with Crippen LogP contribution in [0.15, 0.2) is 54.6 Å². The van der Waals surface area contributed by atoms with Crippen LogP contribution in [0.5, 0.6) is 5.75 Å². The van der Waals surface area contributed by atoms with Gasteiger partial charge in [-0.3, -0.25) is 9.59 Å². The summed E-state index contributed by atoms with van der Waals surface area (Å²) in [7, 11) is 1.58. The maximum atomic E-state index is 12.4. The van der Waals surface area contributed by atoms with Crippen molar-refractivity contribution in [2.45, 2.75) is 12.8 Å². The number of ether oxygens (including phenoxy) is 1. The van der Waals surface area contributed by atoms with Gasteiger partial charge in [-0.25, -0.2) is 0 Å². The lowest BCUT2D eigenvalue weighted by atomic mass is 9.95. The van der Waals surface area contributed by atoms with Gasteiger partial charge in [0.25, 0.3) is 0 Å². The van der Waals surface area contributed by atoms with Gasteiger partial charge in [-0.1, -0.05) is 30.3 Å². The first-order chi connectivity index (χ1) is 11.1. The highest BCUT2D eigenvalue weighted by Gasteiger charge is 2.22. The van der Waals surface area contributed by atoms with E-state index in [9.17, 15) is 9.59 Å². The van der Waals surface area contributed by atoms with Crippen LogP contribution in [0.3, 0.4) is 0 Å². The van der Waals surface area contributed by atoms with Crippen molar-refractivity contribution in [2.75, 3.05) is 12.4 Å². The van der Waals surface area contributed by atoms with E-state index in [4.69, 9.17) is 9.84 Å². The lowest BCUT2D eigenvalue weighted by Gasteiger charge is -2.15. The summed E-state index contributed by atoms with van der Waals surface area (Å²) in [6.07, 6.45) is 0.139. The van der Waals surface area contributed by atoms with Gasteiger partial charge in [0.15, 0.2) is 0 Å². The second-order valence-electron chi connectivity index (χ2n) is 5.20. The highest BCUT2D eigenvalue weighted by Crippen LogP contribution is 2.18. The Hall–Kier alpha value is -2.82. The number of carbonyl (C=O) groups is 2. The van der Waals surface area contributed by atoms with Gasteiger partial charge in [-0.15, -0.1) is 0 Å². The normalized spacial score (nSPS) is 11.5. The van der Waals surface area contributed by atoms with Crippen molar-refractivity contribution < 1.29 is 19.4 Å². The van der Waals surface area contributed by atoms with Crippen LogP contribution in [0.25, 0.3) is 0 Å². The minimum Gasteiger partial charge on any atom is -0.497 e. The van der Waals surface area contributed by atoms with Crippen LogP contribution in [-0.2, 0) is 16.0 Å². The lowest BCUT2D eigenvalue weighted by molar-refractivity contribution is -0.140. The highest BCUT2D eigenvalue weighted by atomic mass is 16.5. The van der Waals surface area contributed by atoms with Crippen LogP contribution in [0.1, 0.15) is 12.0 Å². The smallest absolute Gasteiger partial charge is 0.304 e. The molecule has 23 heavy (non-hydrogen) atoms. The van der Waals surface area contributed by atoms with Crippen molar-refractivity contribution in [1.29, 1.82) is 0 Å². The van der Waals surface area contributed by atoms with Crippen molar-refractivity contribution in [3.8, 4) is 5.75 Å². The molecule has 0 fully saturated rings. The third kappa shape index (κ3) is 5.14. The molecule has 0 unspecified atom stereocenters. The van der Waals surface area contributed by atoms with Gasteiger partial charge in [0.2, 0.25) is 5.91 Å². The largest absolute Gasteiger partial charge is 0.497 e. The summed E-state index contributed by atoms with van der Waals surface area (Å²) >= 11 is 0. The van der Waals surface area contributed by atoms with Gasteiger partial charge in [-0.05, 0) is 36.2 Å². The van der Waals surface area contributed by atoms with Crippen LogP contribution in [-0.4, -0.2) is 24.1 Å². The van der Waals surface area contributed by atoms with Crippen LogP contribution in [0.2, 0.25) is 0 Å². The van der Waals surface area contributed by atoms with Gasteiger partial charge >= 0.3 is 5.97 Å². The Morgan fingerprint density at radius 1 is 1.09 bits per heavy atom. The zero-order valence-corrected chi connectivity index (χ0v) is 12.9. The summed E-state index contributed by atoms with van der Waals surface area (Å²) in [6, 6.07) is 16.3. The average Bonchev–Trinajstić information content (AvgIpc) is 2.55. The number of para-hydroxylation sites is 1. The summed E-state index contributed by atoms with van der Waals surface area (Å²) in [5.74, 6) is -1.21. The quantitative estimate of drug-likeness (QED) is 0.824. The predicted octanol–water partition coefficient (Wildman–Crippen LogP) is 2.97. The van der Waals surface area contributed by atoms with Crippen LogP contribution in [0, 0.1) is 5.92 Å². The van der Waals surface area contributed by atoms with Crippen molar-refractivity contribution in [2.24, 2.45) is 5.92 Å². The molecular weight excluding hydrogens is 294 g/mol. The predicted molar refractivity (Wildman–Crippen MR) is 87.5 cm³/mol. The van der Waals surface area contributed by atoms with Gasteiger partial charge in [0.1, 0.15) is 5.75 Å². The van der Waals surface area contributed by atoms with Crippen LogP contribution < -0.4 is 10.1 Å². The number of methoxy groups -OCH3 is 1. The van der Waals surface area contributed by atoms with E-state index in [1.54, 1.807) is 31.4 Å². The van der Waals surface area contributed by atoms with E-state index in [-0.39, 0.29) is 12.3 Å². The minimum atomic E-state index is -0.994. The molecule has 0 aliphatic carbocycles. The van der Waals surface area contributed by atoms with Gasteiger partial charge in [-0.2, -0.15) is 0 Å². The van der Waals surface area contributed by atoms with E-state index in [1.165, 1.54) is 0 Å². The molecule has 0 aromatic heterocycles. The maximum absolute atomic E-state index is 12.4. The summed E-state index contributed by atoms with van der Waals surface area (Å²) in [5, 5.41) is 11.8. The monoisotopic (exact) mass is 313 g/mol. The fourth-order valence-electron chi connectivity index (χ4n) is 2.28. The van der Waals surface area contributed by atoms with Crippen molar-refractivity contribution in [3.63, 3.8) is 0 Å². The summed E-state index contributed by atoms with van der Waals surface area (Å²) in [4.78, 5) is 23.4. The lowest BCUT2D eigenvalue weighted by Crippen LogP contribution is -2.27. The molecule has 1 atom stereocenters. The third-order valence-corrected chi connectivity index (χ3v) is 3.47. The molecule has 5 heteroatoms. The first-order valence-electron chi connectivity index (χ1n) is 7.29. The fraction of sp³-hybridized carbons (Fsp3) is 0.222. The molecule has 1 amide bonds. The molecule has 0 radical (unpaired) electrons. The van der Waals surface area contributed by atoms with Crippen LogP contribution in [0.4, 0.5) is 5.69 Å². The SMILES string of the molecule is COc1ccc(C[C@@H](CC(=O)O)C(=O)Nc2ccccc2)cc1. The molecule has 2 rings (SSSR count). The number of rotatable bonds is 7. The van der Waals surface area contributed by atoms with E-state index in [1.807, 2.05) is 30.3 Å². The number of carbonyl (C=O) groups excluding carboxylic acids is 1. The van der Waals surface area contributed by atoms with Crippen LogP contribution >= 0.6 is 0 Å². The second kappa shape index (κ2) is 7.98. The number of hydrogen-bond acceptors (Lipinski definition) is 3. The summed E-state index contributed by atoms with van der Waals surface area (Å²) in [6.45, 7) is 0. The molecule has 2 aromatic rings. The summed E-state index contributed by atoms with van der Waals surface area (Å²) in [5.41, 5.74) is 1.54. The Labute approximate surface area is 134 Å². The van der Waals surface area contributed by atoms with E-state index < -0.39 is 11.9 Å². The Kier molecular flexibility index (Phi) is 5.74. The molecule has 120 valence electrons. The highest BCUT2D eigenvalue weighted by molar-refractivity contribution is 5.94. The Morgan fingerprint density at radius 3 is 2.30 bits per heavy atom. The number of carboxylic acids is 1. The number of amides is 1. The van der Waals surface area contributed by atoms with Gasteiger partial charge in [0, 0.05) is 5.69 Å². The van der Waals surface area contributed by atoms with Crippen molar-refractivity contribution >= 4 is 17.6 Å². The molecule has 2 aromatic carbocycles. The van der Waals surface area contributed by atoms with E-state index in [0.717, 1.165) is 11.3 Å². The molecule has 0 bridgehead atoms. The topological polar surface area (TPSA) is 75.6 Å².